The smallest absolute Gasteiger partial charge is 0.285 e. The van der Waals surface area contributed by atoms with Crippen molar-refractivity contribution in [3.8, 4) is 0 Å². The molecular weight excluding hydrogens is 426 g/mol. The molecule has 9 nitrogen and oxygen atoms in total. The maximum Gasteiger partial charge on any atom is 0.285 e. The van der Waals surface area contributed by atoms with E-state index in [1.54, 1.807) is 18.1 Å². The number of amidine groups is 1. The van der Waals surface area contributed by atoms with Crippen molar-refractivity contribution in [3.63, 3.8) is 0 Å². The third-order valence-electron chi connectivity index (χ3n) is 5.21. The highest BCUT2D eigenvalue weighted by Crippen LogP contribution is 2.39. The summed E-state index contributed by atoms with van der Waals surface area (Å²) in [4.78, 5) is 19.4. The zero-order valence-corrected chi connectivity index (χ0v) is 18.6. The number of amides is 1. The molecular formula is C22H25N7O2S+. The molecule has 0 spiro atoms. The van der Waals surface area contributed by atoms with E-state index in [1.807, 2.05) is 42.3 Å². The summed E-state index contributed by atoms with van der Waals surface area (Å²) in [7, 11) is 0. The molecule has 1 amide bonds. The first-order valence-corrected chi connectivity index (χ1v) is 11.4. The molecule has 165 valence electrons. The number of anilines is 2. The number of nitrogens with one attached hydrogen (secondary N) is 3. The fraction of sp³-hybridized carbons (Fsp3) is 0.318. The Bertz CT molecular complexity index is 1070. The first-order chi connectivity index (χ1) is 15.7. The van der Waals surface area contributed by atoms with Gasteiger partial charge in [-0.15, -0.1) is 0 Å². The average molecular weight is 452 g/mol. The second-order valence-electron chi connectivity index (χ2n) is 7.71. The van der Waals surface area contributed by atoms with Gasteiger partial charge in [0.1, 0.15) is 13.2 Å². The maximum absolute atomic E-state index is 11.8. The van der Waals surface area contributed by atoms with E-state index in [1.165, 1.54) is 18.5 Å². The van der Waals surface area contributed by atoms with Gasteiger partial charge in [0.2, 0.25) is 5.91 Å². The molecule has 3 heterocycles. The van der Waals surface area contributed by atoms with Crippen LogP contribution in [0.15, 0.2) is 64.6 Å². The van der Waals surface area contributed by atoms with Crippen LogP contribution in [0.2, 0.25) is 0 Å². The van der Waals surface area contributed by atoms with E-state index in [0.717, 1.165) is 28.1 Å². The number of rotatable bonds is 9. The summed E-state index contributed by atoms with van der Waals surface area (Å²) in [6, 6.07) is 9.84. The van der Waals surface area contributed by atoms with Crippen molar-refractivity contribution in [2.75, 3.05) is 30.4 Å². The largest absolute Gasteiger partial charge is 0.372 e. The first kappa shape index (κ1) is 20.8. The molecule has 1 fully saturated rings. The third kappa shape index (κ3) is 4.87. The van der Waals surface area contributed by atoms with Crippen molar-refractivity contribution in [2.45, 2.75) is 30.6 Å². The van der Waals surface area contributed by atoms with Crippen LogP contribution in [-0.2, 0) is 9.53 Å². The van der Waals surface area contributed by atoms with E-state index in [-0.39, 0.29) is 12.5 Å². The lowest BCUT2D eigenvalue weighted by molar-refractivity contribution is -0.120. The van der Waals surface area contributed by atoms with E-state index in [4.69, 9.17) is 4.74 Å². The Hall–Kier alpha value is -3.08. The summed E-state index contributed by atoms with van der Waals surface area (Å²) in [5, 5.41) is 13.8. The van der Waals surface area contributed by atoms with Crippen molar-refractivity contribution >= 4 is 35.2 Å². The number of fused-ring (bicyclic) bond motifs is 1. The number of ether oxygens (including phenoxy) is 1. The van der Waals surface area contributed by atoms with Gasteiger partial charge in [0.25, 0.3) is 11.7 Å². The lowest BCUT2D eigenvalue weighted by Crippen LogP contribution is -2.42. The highest BCUT2D eigenvalue weighted by Gasteiger charge is 2.37. The highest BCUT2D eigenvalue weighted by molar-refractivity contribution is 7.97. The van der Waals surface area contributed by atoms with Gasteiger partial charge in [0.15, 0.2) is 12.0 Å². The number of aromatic amines is 1. The number of hydrogen-bond acceptors (Lipinski definition) is 8. The Kier molecular flexibility index (Phi) is 5.97. The van der Waals surface area contributed by atoms with Crippen LogP contribution < -0.4 is 15.5 Å². The van der Waals surface area contributed by atoms with Gasteiger partial charge in [-0.2, -0.15) is 10.1 Å². The van der Waals surface area contributed by atoms with Crippen molar-refractivity contribution in [1.82, 2.24) is 19.4 Å². The molecule has 1 aromatic carbocycles. The Morgan fingerprint density at radius 2 is 2.19 bits per heavy atom. The van der Waals surface area contributed by atoms with E-state index in [9.17, 15) is 4.79 Å². The second-order valence-corrected chi connectivity index (χ2v) is 8.83. The minimum absolute atomic E-state index is 0.0617. The quantitative estimate of drug-likeness (QED) is 0.398. The molecule has 3 N–H and O–H groups in total. The number of hydrogen-bond donors (Lipinski definition) is 3. The number of aromatic nitrogens is 2. The Balaban J connectivity index is 1.25. The average Bonchev–Trinajstić information content (AvgIpc) is 3.34. The number of carbonyl (C=O) groups excluding carboxylic acids is 1. The number of aliphatic imine (C=N–C) groups is 1. The number of carbonyl (C=O) groups is 1. The predicted molar refractivity (Wildman–Crippen MR) is 125 cm³/mol. The van der Waals surface area contributed by atoms with E-state index < -0.39 is 0 Å². The molecule has 0 saturated heterocycles. The van der Waals surface area contributed by atoms with Crippen LogP contribution in [0.4, 0.5) is 11.5 Å². The van der Waals surface area contributed by atoms with Gasteiger partial charge in [0, 0.05) is 34.9 Å². The molecule has 3 aliphatic rings. The van der Waals surface area contributed by atoms with Crippen molar-refractivity contribution < 1.29 is 9.53 Å². The van der Waals surface area contributed by atoms with Gasteiger partial charge in [-0.25, -0.2) is 0 Å². The monoisotopic (exact) mass is 451 g/mol. The van der Waals surface area contributed by atoms with Crippen LogP contribution in [0.5, 0.6) is 0 Å². The summed E-state index contributed by atoms with van der Waals surface area (Å²) in [6.45, 7) is 3.11. The molecule has 0 bridgehead atoms. The molecule has 0 atom stereocenters. The lowest BCUT2D eigenvalue weighted by Gasteiger charge is -2.24. The molecule has 1 aliphatic carbocycles. The van der Waals surface area contributed by atoms with Crippen LogP contribution in [-0.4, -0.2) is 46.0 Å². The summed E-state index contributed by atoms with van der Waals surface area (Å²) >= 11 is 1.61. The lowest BCUT2D eigenvalue weighted by atomic mass is 10.3. The van der Waals surface area contributed by atoms with Crippen LogP contribution in [0.3, 0.4) is 0 Å². The van der Waals surface area contributed by atoms with E-state index >= 15 is 0 Å². The molecule has 32 heavy (non-hydrogen) atoms. The summed E-state index contributed by atoms with van der Waals surface area (Å²) in [5.74, 6) is 3.11. The number of benzene rings is 1. The van der Waals surface area contributed by atoms with Crippen molar-refractivity contribution in [1.29, 1.82) is 0 Å². The predicted octanol–water partition coefficient (Wildman–Crippen LogP) is 3.52. The number of nitrogens with zero attached hydrogens (tertiary/aromatic N) is 4. The first-order valence-electron chi connectivity index (χ1n) is 10.7. The molecule has 0 unspecified atom stereocenters. The van der Waals surface area contributed by atoms with Crippen LogP contribution >= 0.6 is 11.9 Å². The van der Waals surface area contributed by atoms with Crippen molar-refractivity contribution in [3.05, 3.63) is 60.4 Å². The fourth-order valence-electron chi connectivity index (χ4n) is 3.47. The minimum atomic E-state index is -0.156. The summed E-state index contributed by atoms with van der Waals surface area (Å²) in [5.41, 5.74) is 1.94. The molecule has 5 rings (SSSR count). The third-order valence-corrected chi connectivity index (χ3v) is 6.16. The van der Waals surface area contributed by atoms with Crippen LogP contribution in [0, 0.1) is 0 Å². The van der Waals surface area contributed by atoms with E-state index in [2.05, 4.69) is 42.4 Å². The Morgan fingerprint density at radius 3 is 2.97 bits per heavy atom. The van der Waals surface area contributed by atoms with Gasteiger partial charge >= 0.3 is 0 Å². The zero-order chi connectivity index (χ0) is 21.9. The highest BCUT2D eigenvalue weighted by atomic mass is 32.2. The number of H-pyrrole nitrogens is 1. The molecule has 1 radical (unpaired) electrons. The molecule has 2 aliphatic heterocycles. The molecule has 2 aromatic rings. The summed E-state index contributed by atoms with van der Waals surface area (Å²) in [6.07, 6.45) is 8.27. The second kappa shape index (κ2) is 9.19. The normalized spacial score (nSPS) is 17.7. The Labute approximate surface area is 190 Å². The van der Waals surface area contributed by atoms with Gasteiger partial charge in [0.05, 0.1) is 12.4 Å². The summed E-state index contributed by atoms with van der Waals surface area (Å²) < 4.78 is 7.26. The van der Waals surface area contributed by atoms with Crippen LogP contribution in [0.25, 0.3) is 0 Å². The van der Waals surface area contributed by atoms with Gasteiger partial charge in [-0.1, -0.05) is 0 Å². The van der Waals surface area contributed by atoms with Gasteiger partial charge in [-0.05, 0) is 60.9 Å². The zero-order valence-electron chi connectivity index (χ0n) is 17.7. The van der Waals surface area contributed by atoms with Gasteiger partial charge in [-0.3, -0.25) is 19.5 Å². The fourth-order valence-corrected chi connectivity index (χ4v) is 4.33. The maximum atomic E-state index is 11.8. The minimum Gasteiger partial charge on any atom is -0.372 e. The standard InChI is InChI=1S/C22H25N7O2S/c1-2-31-14-22(30)24-16-5-7-17(8-6-16)32-28-12-20-23-9-10-29(20)21(13-28)25-19-11-18(26-27-19)15-3-4-15/h5-11,13,15H,2-4,12,14H2,1H3,(H,24,30)(H2,25,26,27)/q+1. The SMILES string of the molecule is CCOCC(=O)Nc1ccc(SN2C=C(Nc3cc(C4CC4)[nH]n3)[N+]3C=CN=C3C2)cc1. The topological polar surface area (TPSA) is 101 Å². The Morgan fingerprint density at radius 1 is 1.34 bits per heavy atom. The van der Waals surface area contributed by atoms with Crippen molar-refractivity contribution in [2.24, 2.45) is 4.99 Å². The molecule has 1 aromatic heterocycles. The van der Waals surface area contributed by atoms with E-state index in [0.29, 0.717) is 19.1 Å². The van der Waals surface area contributed by atoms with Crippen LogP contribution in [0.1, 0.15) is 31.4 Å². The molecule has 10 heteroatoms. The molecule has 1 saturated carbocycles. The van der Waals surface area contributed by atoms with Gasteiger partial charge < -0.3 is 10.1 Å².